The Hall–Kier alpha value is -1.66. The van der Waals surface area contributed by atoms with Crippen LogP contribution in [0.5, 0.6) is 5.75 Å². The normalized spacial score (nSPS) is 20.4. The number of carbonyl (C=O) groups excluding carboxylic acids is 1. The summed E-state index contributed by atoms with van der Waals surface area (Å²) in [5.74, 6) is 1.21. The van der Waals surface area contributed by atoms with Gasteiger partial charge in [0.1, 0.15) is 12.4 Å². The second-order valence-corrected chi connectivity index (χ2v) is 7.21. The van der Waals surface area contributed by atoms with Crippen LogP contribution in [0, 0.1) is 5.92 Å². The number of carbonyl (C=O) groups is 1. The first-order valence-corrected chi connectivity index (χ1v) is 9.56. The molecule has 5 nitrogen and oxygen atoms in total. The Labute approximate surface area is 154 Å². The number of amides is 1. The highest BCUT2D eigenvalue weighted by molar-refractivity contribution is 7.80. The molecule has 6 heteroatoms. The lowest BCUT2D eigenvalue weighted by Crippen LogP contribution is -2.35. The van der Waals surface area contributed by atoms with E-state index >= 15 is 0 Å². The van der Waals surface area contributed by atoms with E-state index in [1.807, 2.05) is 24.3 Å². The number of para-hydroxylation sites is 2. The van der Waals surface area contributed by atoms with Gasteiger partial charge in [0.05, 0.1) is 11.8 Å². The molecule has 1 saturated carbocycles. The Morgan fingerprint density at radius 2 is 2.00 bits per heavy atom. The van der Waals surface area contributed by atoms with E-state index in [0.717, 1.165) is 38.0 Å². The van der Waals surface area contributed by atoms with Crippen LogP contribution in [-0.4, -0.2) is 30.3 Å². The van der Waals surface area contributed by atoms with Gasteiger partial charge in [-0.3, -0.25) is 4.79 Å². The lowest BCUT2D eigenvalue weighted by molar-refractivity contribution is -0.120. The van der Waals surface area contributed by atoms with E-state index in [1.165, 1.54) is 12.8 Å². The van der Waals surface area contributed by atoms with Crippen molar-refractivity contribution in [3.8, 4) is 5.75 Å². The molecule has 1 aromatic carbocycles. The largest absolute Gasteiger partial charge is 0.489 e. The van der Waals surface area contributed by atoms with E-state index in [9.17, 15) is 4.79 Å². The van der Waals surface area contributed by atoms with Crippen LogP contribution in [-0.2, 0) is 9.53 Å². The van der Waals surface area contributed by atoms with E-state index in [2.05, 4.69) is 10.6 Å². The molecule has 1 atom stereocenters. The molecule has 0 radical (unpaired) electrons. The van der Waals surface area contributed by atoms with Crippen LogP contribution in [0.25, 0.3) is 0 Å². The minimum absolute atomic E-state index is 0.0119. The average molecular weight is 362 g/mol. The summed E-state index contributed by atoms with van der Waals surface area (Å²) in [6.45, 7) is 1.34. The van der Waals surface area contributed by atoms with Crippen molar-refractivity contribution in [1.82, 2.24) is 5.32 Å². The molecule has 1 unspecified atom stereocenters. The second-order valence-electron chi connectivity index (χ2n) is 6.80. The third kappa shape index (κ3) is 5.68. The lowest BCUT2D eigenvalue weighted by atomic mass is 10.0. The number of rotatable bonds is 6. The summed E-state index contributed by atoms with van der Waals surface area (Å²) >= 11 is 5.28. The Kier molecular flexibility index (Phi) is 6.64. The number of hydrogen-bond acceptors (Lipinski definition) is 4. The van der Waals surface area contributed by atoms with Crippen molar-refractivity contribution in [3.63, 3.8) is 0 Å². The molecule has 3 rings (SSSR count). The Morgan fingerprint density at radius 3 is 2.76 bits per heavy atom. The van der Waals surface area contributed by atoms with Gasteiger partial charge in [-0.25, -0.2) is 0 Å². The predicted octanol–water partition coefficient (Wildman–Crippen LogP) is 3.64. The fraction of sp³-hybridized carbons (Fsp3) is 0.579. The molecule has 1 aromatic rings. The van der Waals surface area contributed by atoms with Gasteiger partial charge in [-0.15, -0.1) is 0 Å². The summed E-state index contributed by atoms with van der Waals surface area (Å²) < 4.78 is 11.5. The Morgan fingerprint density at radius 1 is 1.20 bits per heavy atom. The van der Waals surface area contributed by atoms with Gasteiger partial charge < -0.3 is 20.1 Å². The van der Waals surface area contributed by atoms with Crippen molar-refractivity contribution >= 4 is 28.9 Å². The summed E-state index contributed by atoms with van der Waals surface area (Å²) in [5.41, 5.74) is 0.756. The van der Waals surface area contributed by atoms with E-state index < -0.39 is 0 Å². The van der Waals surface area contributed by atoms with Gasteiger partial charge in [-0.05, 0) is 56.0 Å². The summed E-state index contributed by atoms with van der Waals surface area (Å²) in [4.78, 5) is 12.1. The zero-order valence-electron chi connectivity index (χ0n) is 14.5. The summed E-state index contributed by atoms with van der Waals surface area (Å²) in [7, 11) is 0. The molecular formula is C19H26N2O3S. The van der Waals surface area contributed by atoms with E-state index in [0.29, 0.717) is 29.8 Å². The third-order valence-electron chi connectivity index (χ3n) is 4.79. The zero-order chi connectivity index (χ0) is 17.5. The molecule has 2 N–H and O–H groups in total. The minimum atomic E-state index is -0.0119. The van der Waals surface area contributed by atoms with Crippen LogP contribution in [0.2, 0.25) is 0 Å². The van der Waals surface area contributed by atoms with Crippen molar-refractivity contribution < 1.29 is 14.3 Å². The fourth-order valence-corrected chi connectivity index (χ4v) is 3.69. The number of hydrogen-bond donors (Lipinski definition) is 2. The number of benzene rings is 1. The highest BCUT2D eigenvalue weighted by Gasteiger charge is 2.19. The second kappa shape index (κ2) is 9.15. The molecule has 1 aliphatic heterocycles. The number of nitrogens with one attached hydrogen (secondary N) is 2. The Bertz CT molecular complexity index is 596. The maximum atomic E-state index is 12.1. The van der Waals surface area contributed by atoms with Gasteiger partial charge in [0.15, 0.2) is 5.11 Å². The highest BCUT2D eigenvalue weighted by Crippen LogP contribution is 2.27. The van der Waals surface area contributed by atoms with Gasteiger partial charge in [-0.1, -0.05) is 25.0 Å². The topological polar surface area (TPSA) is 59.6 Å². The Balaban J connectivity index is 1.49. The number of ether oxygens (including phenoxy) is 2. The smallest absolute Gasteiger partial charge is 0.226 e. The van der Waals surface area contributed by atoms with Crippen molar-refractivity contribution in [2.24, 2.45) is 5.92 Å². The first-order chi connectivity index (χ1) is 12.2. The third-order valence-corrected chi connectivity index (χ3v) is 4.99. The molecule has 1 amide bonds. The van der Waals surface area contributed by atoms with E-state index in [-0.39, 0.29) is 12.0 Å². The summed E-state index contributed by atoms with van der Waals surface area (Å²) in [6.07, 6.45) is 7.59. The van der Waals surface area contributed by atoms with Crippen LogP contribution in [0.4, 0.5) is 5.69 Å². The van der Waals surface area contributed by atoms with E-state index in [1.54, 1.807) is 0 Å². The maximum absolute atomic E-state index is 12.1. The average Bonchev–Trinajstić information content (AvgIpc) is 3.27. The minimum Gasteiger partial charge on any atom is -0.489 e. The van der Waals surface area contributed by atoms with Crippen molar-refractivity contribution in [3.05, 3.63) is 24.3 Å². The van der Waals surface area contributed by atoms with E-state index in [4.69, 9.17) is 21.7 Å². The molecule has 0 bridgehead atoms. The van der Waals surface area contributed by atoms with Gasteiger partial charge in [0.2, 0.25) is 5.91 Å². The number of thiocarbonyl (C=S) groups is 1. The predicted molar refractivity (Wildman–Crippen MR) is 102 cm³/mol. The van der Waals surface area contributed by atoms with Crippen LogP contribution in [0.3, 0.4) is 0 Å². The fourth-order valence-electron chi connectivity index (χ4n) is 3.46. The SMILES string of the molecule is O=C(CC1CCCC1)NC(=S)Nc1ccccc1OCC1CCCO1. The van der Waals surface area contributed by atoms with Gasteiger partial charge >= 0.3 is 0 Å². The first-order valence-electron chi connectivity index (χ1n) is 9.15. The molecule has 0 aromatic heterocycles. The summed E-state index contributed by atoms with van der Waals surface area (Å²) in [6, 6.07) is 7.60. The molecule has 1 saturated heterocycles. The molecule has 25 heavy (non-hydrogen) atoms. The van der Waals surface area contributed by atoms with Crippen molar-refractivity contribution in [2.45, 2.75) is 51.0 Å². The quantitative estimate of drug-likeness (QED) is 0.757. The molecular weight excluding hydrogens is 336 g/mol. The summed E-state index contributed by atoms with van der Waals surface area (Å²) in [5, 5.41) is 6.17. The van der Waals surface area contributed by atoms with Crippen molar-refractivity contribution in [2.75, 3.05) is 18.5 Å². The van der Waals surface area contributed by atoms with Crippen LogP contribution >= 0.6 is 12.2 Å². The molecule has 2 aliphatic rings. The number of anilines is 1. The zero-order valence-corrected chi connectivity index (χ0v) is 15.3. The molecule has 136 valence electrons. The van der Waals surface area contributed by atoms with Crippen molar-refractivity contribution in [1.29, 1.82) is 0 Å². The standard InChI is InChI=1S/C19H26N2O3S/c22-18(12-14-6-1-2-7-14)21-19(25)20-16-9-3-4-10-17(16)24-13-15-8-5-11-23-15/h3-4,9-10,14-15H,1-2,5-8,11-13H2,(H2,20,21,22,25). The molecule has 1 heterocycles. The monoisotopic (exact) mass is 362 g/mol. The molecule has 2 fully saturated rings. The first kappa shape index (κ1) is 18.1. The van der Waals surface area contributed by atoms with Gasteiger partial charge in [0.25, 0.3) is 0 Å². The van der Waals surface area contributed by atoms with Crippen LogP contribution < -0.4 is 15.4 Å². The van der Waals surface area contributed by atoms with Crippen LogP contribution in [0.1, 0.15) is 44.9 Å². The van der Waals surface area contributed by atoms with Crippen LogP contribution in [0.15, 0.2) is 24.3 Å². The van der Waals surface area contributed by atoms with Gasteiger partial charge in [-0.2, -0.15) is 0 Å². The molecule has 1 aliphatic carbocycles. The van der Waals surface area contributed by atoms with Gasteiger partial charge in [0, 0.05) is 13.0 Å². The maximum Gasteiger partial charge on any atom is 0.226 e. The highest BCUT2D eigenvalue weighted by atomic mass is 32.1. The lowest BCUT2D eigenvalue weighted by Gasteiger charge is -2.16. The molecule has 0 spiro atoms.